The highest BCUT2D eigenvalue weighted by Crippen LogP contribution is 2.49. The van der Waals surface area contributed by atoms with Gasteiger partial charge in [-0.15, -0.1) is 10.2 Å². The first kappa shape index (κ1) is 18.1. The molecule has 0 aliphatic heterocycles. The predicted molar refractivity (Wildman–Crippen MR) is 107 cm³/mol. The lowest BCUT2D eigenvalue weighted by Crippen LogP contribution is -2.43. The van der Waals surface area contributed by atoms with Crippen LogP contribution in [0.5, 0.6) is 5.75 Å². The zero-order chi connectivity index (χ0) is 19.8. The summed E-state index contributed by atoms with van der Waals surface area (Å²) in [5.41, 5.74) is 1.62. The minimum absolute atomic E-state index is 0.114. The standard InChI is InChI=1S/C21H26N6O2/c28-17-3-1-2-16-19(17)15(12-27(16)11-7-18-23-25-26-24-18)20(29)22-13-21-8-4-14(5-9-21)6-10-21/h1-3,12,14,28H,4-11,13H2,(H,22,29)(H,23,24,25,26). The fourth-order valence-electron chi connectivity index (χ4n) is 5.17. The van der Waals surface area contributed by atoms with Crippen molar-refractivity contribution in [3.63, 3.8) is 0 Å². The number of amides is 1. The van der Waals surface area contributed by atoms with Gasteiger partial charge in [-0.05, 0) is 62.0 Å². The molecule has 8 heteroatoms. The highest BCUT2D eigenvalue weighted by Gasteiger charge is 2.40. The molecule has 0 unspecified atom stereocenters. The number of phenolic OH excluding ortho intramolecular Hbond substituents is 1. The second-order valence-electron chi connectivity index (χ2n) is 8.65. The number of aromatic amines is 1. The molecule has 0 atom stereocenters. The van der Waals surface area contributed by atoms with Crippen molar-refractivity contribution < 1.29 is 9.90 Å². The Balaban J connectivity index is 1.37. The lowest BCUT2D eigenvalue weighted by molar-refractivity contribution is 0.0598. The summed E-state index contributed by atoms with van der Waals surface area (Å²) in [4.78, 5) is 13.1. The molecule has 0 saturated heterocycles. The molecular formula is C21H26N6O2. The Bertz CT molecular complexity index is 1000. The lowest BCUT2D eigenvalue weighted by Gasteiger charge is -2.46. The smallest absolute Gasteiger partial charge is 0.253 e. The van der Waals surface area contributed by atoms with Gasteiger partial charge in [0.15, 0.2) is 5.82 Å². The molecule has 2 aromatic heterocycles. The Kier molecular flexibility index (Phi) is 4.49. The van der Waals surface area contributed by atoms with Gasteiger partial charge in [0.05, 0.1) is 16.5 Å². The number of tetrazole rings is 1. The molecule has 1 aromatic carbocycles. The number of rotatable bonds is 6. The van der Waals surface area contributed by atoms with E-state index < -0.39 is 0 Å². The van der Waals surface area contributed by atoms with Crippen molar-refractivity contribution in [2.45, 2.75) is 51.5 Å². The Morgan fingerprint density at radius 2 is 2.07 bits per heavy atom. The monoisotopic (exact) mass is 394 g/mol. The maximum Gasteiger partial charge on any atom is 0.253 e. The SMILES string of the molecule is O=C(NCC12CCC(CC1)CC2)c1cn(CCc2nn[nH]n2)c2cccc(O)c12. The van der Waals surface area contributed by atoms with Crippen LogP contribution in [0.15, 0.2) is 24.4 Å². The summed E-state index contributed by atoms with van der Waals surface area (Å²) in [5.74, 6) is 1.53. The highest BCUT2D eigenvalue weighted by molar-refractivity contribution is 6.09. The van der Waals surface area contributed by atoms with E-state index in [1.807, 2.05) is 16.8 Å². The second-order valence-corrected chi connectivity index (χ2v) is 8.65. The van der Waals surface area contributed by atoms with E-state index in [0.29, 0.717) is 29.7 Å². The number of hydrogen-bond acceptors (Lipinski definition) is 5. The molecule has 3 N–H and O–H groups in total. The van der Waals surface area contributed by atoms with Gasteiger partial charge in [0.1, 0.15) is 5.75 Å². The summed E-state index contributed by atoms with van der Waals surface area (Å²) in [6.45, 7) is 1.32. The summed E-state index contributed by atoms with van der Waals surface area (Å²) in [7, 11) is 0. The van der Waals surface area contributed by atoms with Gasteiger partial charge in [-0.25, -0.2) is 0 Å². The summed E-state index contributed by atoms with van der Waals surface area (Å²) in [5, 5.41) is 28.2. The minimum atomic E-state index is -0.114. The summed E-state index contributed by atoms with van der Waals surface area (Å²) in [6.07, 6.45) is 9.96. The van der Waals surface area contributed by atoms with Crippen molar-refractivity contribution >= 4 is 16.8 Å². The summed E-state index contributed by atoms with van der Waals surface area (Å²) >= 11 is 0. The molecule has 1 amide bonds. The van der Waals surface area contributed by atoms with Crippen molar-refractivity contribution in [3.8, 4) is 5.75 Å². The Labute approximate surface area is 168 Å². The number of nitrogens with one attached hydrogen (secondary N) is 2. The van der Waals surface area contributed by atoms with Crippen LogP contribution < -0.4 is 5.32 Å². The van der Waals surface area contributed by atoms with Gasteiger partial charge < -0.3 is 15.0 Å². The molecule has 0 spiro atoms. The maximum atomic E-state index is 13.1. The number of fused-ring (bicyclic) bond motifs is 4. The average molecular weight is 394 g/mol. The number of carbonyl (C=O) groups is 1. The van der Waals surface area contributed by atoms with Crippen LogP contribution in [0.25, 0.3) is 10.9 Å². The van der Waals surface area contributed by atoms with Crippen LogP contribution in [0.2, 0.25) is 0 Å². The van der Waals surface area contributed by atoms with Crippen molar-refractivity contribution in [2.75, 3.05) is 6.54 Å². The number of aryl methyl sites for hydroxylation is 2. The van der Waals surface area contributed by atoms with E-state index in [1.165, 1.54) is 38.5 Å². The Morgan fingerprint density at radius 1 is 1.28 bits per heavy atom. The van der Waals surface area contributed by atoms with E-state index in [9.17, 15) is 9.90 Å². The fourth-order valence-corrected chi connectivity index (χ4v) is 5.17. The Morgan fingerprint density at radius 3 is 2.79 bits per heavy atom. The molecule has 6 rings (SSSR count). The van der Waals surface area contributed by atoms with Gasteiger partial charge in [0, 0.05) is 25.7 Å². The lowest BCUT2D eigenvalue weighted by atomic mass is 9.61. The van der Waals surface area contributed by atoms with Crippen molar-refractivity contribution in [3.05, 3.63) is 35.8 Å². The number of phenols is 1. The summed E-state index contributed by atoms with van der Waals surface area (Å²) in [6, 6.07) is 5.34. The van der Waals surface area contributed by atoms with Crippen molar-refractivity contribution in [2.24, 2.45) is 11.3 Å². The molecule has 29 heavy (non-hydrogen) atoms. The maximum absolute atomic E-state index is 13.1. The molecule has 3 aliphatic carbocycles. The van der Waals surface area contributed by atoms with Crippen LogP contribution in [0, 0.1) is 11.3 Å². The molecule has 3 aromatic rings. The number of benzene rings is 1. The van der Waals surface area contributed by atoms with E-state index in [1.54, 1.807) is 12.1 Å². The normalized spacial score (nSPS) is 23.5. The molecule has 2 heterocycles. The highest BCUT2D eigenvalue weighted by atomic mass is 16.3. The van der Waals surface area contributed by atoms with E-state index in [4.69, 9.17) is 0 Å². The average Bonchev–Trinajstić information content (AvgIpc) is 3.40. The van der Waals surface area contributed by atoms with Crippen LogP contribution in [0.4, 0.5) is 0 Å². The largest absolute Gasteiger partial charge is 0.507 e. The molecule has 3 fully saturated rings. The zero-order valence-electron chi connectivity index (χ0n) is 16.4. The number of aromatic nitrogens is 5. The summed E-state index contributed by atoms with van der Waals surface area (Å²) < 4.78 is 1.98. The molecule has 152 valence electrons. The number of carbonyl (C=O) groups excluding carboxylic acids is 1. The van der Waals surface area contributed by atoms with E-state index in [-0.39, 0.29) is 17.1 Å². The molecule has 0 radical (unpaired) electrons. The third-order valence-corrected chi connectivity index (χ3v) is 6.97. The van der Waals surface area contributed by atoms with Crippen LogP contribution in [-0.4, -0.2) is 42.7 Å². The van der Waals surface area contributed by atoms with Crippen LogP contribution >= 0.6 is 0 Å². The van der Waals surface area contributed by atoms with Crippen LogP contribution in [0.1, 0.15) is 54.7 Å². The van der Waals surface area contributed by atoms with Gasteiger partial charge in [0.25, 0.3) is 5.91 Å². The molecule has 3 aliphatic rings. The zero-order valence-corrected chi connectivity index (χ0v) is 16.4. The second kappa shape index (κ2) is 7.17. The first-order valence-corrected chi connectivity index (χ1v) is 10.4. The van der Waals surface area contributed by atoms with Crippen molar-refractivity contribution in [1.29, 1.82) is 0 Å². The van der Waals surface area contributed by atoms with Gasteiger partial charge in [0.2, 0.25) is 0 Å². The van der Waals surface area contributed by atoms with Gasteiger partial charge >= 0.3 is 0 Å². The van der Waals surface area contributed by atoms with Gasteiger partial charge in [-0.3, -0.25) is 4.79 Å². The number of hydrogen-bond donors (Lipinski definition) is 3. The first-order valence-electron chi connectivity index (χ1n) is 10.4. The van der Waals surface area contributed by atoms with Crippen LogP contribution in [-0.2, 0) is 13.0 Å². The molecule has 3 saturated carbocycles. The number of H-pyrrole nitrogens is 1. The van der Waals surface area contributed by atoms with Gasteiger partial charge in [-0.2, -0.15) is 5.21 Å². The fraction of sp³-hybridized carbons (Fsp3) is 0.524. The van der Waals surface area contributed by atoms with E-state index in [2.05, 4.69) is 25.9 Å². The predicted octanol–water partition coefficient (Wildman–Crippen LogP) is 2.80. The minimum Gasteiger partial charge on any atom is -0.507 e. The third kappa shape index (κ3) is 3.36. The number of aromatic hydroxyl groups is 1. The van der Waals surface area contributed by atoms with E-state index >= 15 is 0 Å². The van der Waals surface area contributed by atoms with Gasteiger partial charge in [-0.1, -0.05) is 11.3 Å². The first-order chi connectivity index (χ1) is 14.1. The topological polar surface area (TPSA) is 109 Å². The molecular weight excluding hydrogens is 368 g/mol. The molecule has 2 bridgehead atoms. The quantitative estimate of drug-likeness (QED) is 0.596. The Hall–Kier alpha value is -2.90. The molecule has 8 nitrogen and oxygen atoms in total. The van der Waals surface area contributed by atoms with Crippen molar-refractivity contribution in [1.82, 2.24) is 30.5 Å². The van der Waals surface area contributed by atoms with E-state index in [0.717, 1.165) is 18.0 Å². The third-order valence-electron chi connectivity index (χ3n) is 6.97. The van der Waals surface area contributed by atoms with Crippen LogP contribution in [0.3, 0.4) is 0 Å². The number of nitrogens with zero attached hydrogens (tertiary/aromatic N) is 4.